The van der Waals surface area contributed by atoms with Gasteiger partial charge in [0.15, 0.2) is 28.2 Å². The maximum atomic E-state index is 14.3. The molecule has 46 heavy (non-hydrogen) atoms. The number of sulfonamides is 1. The molecule has 0 spiro atoms. The largest absolute Gasteiger partial charge is 0.417 e. The molecule has 0 unspecified atom stereocenters. The topological polar surface area (TPSA) is 111 Å². The fraction of sp³-hybridized carbons (Fsp3) is 0.0667. The van der Waals surface area contributed by atoms with Gasteiger partial charge in [-0.1, -0.05) is 6.07 Å². The minimum absolute atomic E-state index is 0.00108. The van der Waals surface area contributed by atoms with Crippen LogP contribution in [0.15, 0.2) is 78.1 Å². The Balaban J connectivity index is 1.34. The van der Waals surface area contributed by atoms with Gasteiger partial charge >= 0.3 is 6.18 Å². The van der Waals surface area contributed by atoms with Crippen LogP contribution in [0.4, 0.5) is 42.1 Å². The number of carbonyl (C=O) groups excluding carboxylic acids is 1. The van der Waals surface area contributed by atoms with Crippen molar-refractivity contribution < 1.29 is 43.9 Å². The van der Waals surface area contributed by atoms with Gasteiger partial charge in [0.1, 0.15) is 5.69 Å². The lowest BCUT2D eigenvalue weighted by Crippen LogP contribution is -2.19. The molecule has 0 saturated carbocycles. The summed E-state index contributed by atoms with van der Waals surface area (Å²) in [6, 6.07) is 12.6. The van der Waals surface area contributed by atoms with Gasteiger partial charge in [0.05, 0.1) is 34.1 Å². The molecule has 3 aromatic heterocycles. The third-order valence-corrected chi connectivity index (χ3v) is 8.71. The normalized spacial score (nSPS) is 12.3. The molecule has 6 rings (SSSR count). The van der Waals surface area contributed by atoms with Crippen LogP contribution >= 0.6 is 0 Å². The third kappa shape index (κ3) is 4.90. The molecule has 0 aliphatic rings. The molecule has 16 heteroatoms. The number of hydrogen-bond acceptors (Lipinski definition) is 5. The molecule has 0 amide bonds. The number of ketones is 1. The summed E-state index contributed by atoms with van der Waals surface area (Å²) in [7, 11) is -3.64. The molecule has 3 N–H and O–H groups in total. The minimum atomic E-state index is -5.21. The molecule has 0 aliphatic carbocycles. The van der Waals surface area contributed by atoms with E-state index in [1.165, 1.54) is 51.8 Å². The second kappa shape index (κ2) is 10.6. The Hall–Kier alpha value is -5.38. The van der Waals surface area contributed by atoms with Crippen molar-refractivity contribution in [1.29, 1.82) is 0 Å². The molecule has 3 aromatic carbocycles. The first kappa shape index (κ1) is 30.6. The number of nitrogen functional groups attached to an aromatic ring is 1. The highest BCUT2D eigenvalue weighted by Gasteiger charge is 2.35. The lowest BCUT2D eigenvalue weighted by molar-refractivity contribution is -0.137. The second-order valence-corrected chi connectivity index (χ2v) is 11.8. The van der Waals surface area contributed by atoms with Crippen LogP contribution in [0.3, 0.4) is 0 Å². The first-order valence-electron chi connectivity index (χ1n) is 13.0. The monoisotopic (exact) mass is 661 g/mol. The van der Waals surface area contributed by atoms with Crippen molar-refractivity contribution in [2.45, 2.75) is 11.1 Å². The summed E-state index contributed by atoms with van der Waals surface area (Å²) in [5.41, 5.74) is 3.16. The summed E-state index contributed by atoms with van der Waals surface area (Å²) in [6.45, 7) is 0. The predicted octanol–water partition coefficient (Wildman–Crippen LogP) is 6.68. The van der Waals surface area contributed by atoms with Crippen LogP contribution in [0, 0.1) is 23.3 Å². The fourth-order valence-electron chi connectivity index (χ4n) is 5.09. The Kier molecular flexibility index (Phi) is 7.07. The molecule has 0 aliphatic heterocycles. The Morgan fingerprint density at radius 2 is 1.52 bits per heavy atom. The number of carbonyl (C=O) groups is 1. The number of anilines is 2. The fourth-order valence-corrected chi connectivity index (χ4v) is 6.29. The molecule has 0 saturated heterocycles. The number of nitrogens with two attached hydrogens (primary N) is 1. The zero-order chi connectivity index (χ0) is 33.3. The van der Waals surface area contributed by atoms with Crippen molar-refractivity contribution in [3.05, 3.63) is 113 Å². The molecule has 0 atom stereocenters. The number of fused-ring (bicyclic) bond motifs is 2. The van der Waals surface area contributed by atoms with Crippen molar-refractivity contribution in [3.63, 3.8) is 0 Å². The number of imidazole rings is 1. The van der Waals surface area contributed by atoms with Crippen molar-refractivity contribution in [2.75, 3.05) is 10.5 Å². The van der Waals surface area contributed by atoms with Crippen molar-refractivity contribution in [3.8, 4) is 11.1 Å². The van der Waals surface area contributed by atoms with Crippen LogP contribution in [0.1, 0.15) is 21.6 Å². The van der Waals surface area contributed by atoms with E-state index in [-0.39, 0.29) is 39.1 Å². The van der Waals surface area contributed by atoms with Crippen LogP contribution in [0.2, 0.25) is 0 Å². The van der Waals surface area contributed by atoms with E-state index in [9.17, 15) is 43.9 Å². The molecular formula is C30H18F7N5O3S. The summed E-state index contributed by atoms with van der Waals surface area (Å²) in [4.78, 5) is 15.7. The number of hydrogen-bond donors (Lipinski definition) is 2. The number of halogens is 7. The van der Waals surface area contributed by atoms with Gasteiger partial charge in [0.25, 0.3) is 10.0 Å². The third-order valence-electron chi connectivity index (χ3n) is 7.31. The van der Waals surface area contributed by atoms with E-state index in [2.05, 4.69) is 4.98 Å². The Morgan fingerprint density at radius 1 is 0.870 bits per heavy atom. The van der Waals surface area contributed by atoms with E-state index in [1.54, 1.807) is 11.8 Å². The number of pyridine rings is 1. The zero-order valence-corrected chi connectivity index (χ0v) is 23.9. The highest BCUT2D eigenvalue weighted by atomic mass is 32.2. The first-order valence-corrected chi connectivity index (χ1v) is 14.5. The smallest absolute Gasteiger partial charge is 0.394 e. The SMILES string of the molecule is Cn1cnc2cc(-c3cccn4c(C(=O)c5ccc(NS(=O)(=O)c6c(F)c(F)c(N)c(F)c6F)cc5)ccc34)c(C(F)(F)F)cc21. The van der Waals surface area contributed by atoms with Gasteiger partial charge in [0.2, 0.25) is 5.78 Å². The van der Waals surface area contributed by atoms with E-state index < -0.39 is 61.4 Å². The molecule has 6 aromatic rings. The van der Waals surface area contributed by atoms with Gasteiger partial charge in [-0.15, -0.1) is 0 Å². The molecule has 0 fully saturated rings. The van der Waals surface area contributed by atoms with Crippen molar-refractivity contribution >= 4 is 43.7 Å². The van der Waals surface area contributed by atoms with E-state index in [0.29, 0.717) is 5.52 Å². The number of rotatable bonds is 6. The lowest BCUT2D eigenvalue weighted by atomic mass is 9.98. The summed E-state index contributed by atoms with van der Waals surface area (Å²) in [5.74, 6) is -9.23. The first-order chi connectivity index (χ1) is 21.6. The van der Waals surface area contributed by atoms with Crippen molar-refractivity contribution in [1.82, 2.24) is 14.0 Å². The Morgan fingerprint density at radius 3 is 2.15 bits per heavy atom. The molecule has 236 valence electrons. The van der Waals surface area contributed by atoms with Gasteiger partial charge in [-0.3, -0.25) is 9.52 Å². The van der Waals surface area contributed by atoms with Gasteiger partial charge in [-0.2, -0.15) is 13.2 Å². The van der Waals surface area contributed by atoms with Crippen LogP contribution in [0.25, 0.3) is 27.7 Å². The lowest BCUT2D eigenvalue weighted by Gasteiger charge is -2.15. The number of alkyl halides is 3. The number of aromatic nitrogens is 3. The van der Waals surface area contributed by atoms with E-state index in [1.807, 2.05) is 0 Å². The molecule has 0 bridgehead atoms. The number of benzene rings is 3. The molecule has 8 nitrogen and oxygen atoms in total. The number of nitrogens with zero attached hydrogens (tertiary/aromatic N) is 3. The number of nitrogens with one attached hydrogen (secondary N) is 1. The second-order valence-electron chi connectivity index (χ2n) is 10.1. The summed E-state index contributed by atoms with van der Waals surface area (Å²) >= 11 is 0. The molecular weight excluding hydrogens is 643 g/mol. The number of aryl methyl sites for hydroxylation is 1. The van der Waals surface area contributed by atoms with Gasteiger partial charge < -0.3 is 14.7 Å². The highest BCUT2D eigenvalue weighted by molar-refractivity contribution is 7.92. The molecule has 0 radical (unpaired) electrons. The van der Waals surface area contributed by atoms with Crippen LogP contribution in [-0.4, -0.2) is 28.2 Å². The zero-order valence-electron chi connectivity index (χ0n) is 23.1. The molecule has 3 heterocycles. The Labute approximate surface area is 254 Å². The van der Waals surface area contributed by atoms with Crippen LogP contribution in [-0.2, 0) is 23.2 Å². The summed E-state index contributed by atoms with van der Waals surface area (Å²) < 4.78 is 129. The van der Waals surface area contributed by atoms with Crippen LogP contribution < -0.4 is 10.5 Å². The van der Waals surface area contributed by atoms with E-state index >= 15 is 0 Å². The summed E-state index contributed by atoms with van der Waals surface area (Å²) in [5, 5.41) is 0. The average Bonchev–Trinajstić information content (AvgIpc) is 3.61. The maximum absolute atomic E-state index is 14.3. The van der Waals surface area contributed by atoms with Gasteiger partial charge in [0, 0.05) is 30.1 Å². The quantitative estimate of drug-likeness (QED) is 0.0896. The van der Waals surface area contributed by atoms with Crippen molar-refractivity contribution in [2.24, 2.45) is 7.05 Å². The van der Waals surface area contributed by atoms with E-state index in [0.717, 1.165) is 30.3 Å². The average molecular weight is 662 g/mol. The van der Waals surface area contributed by atoms with Gasteiger partial charge in [-0.05, 0) is 60.2 Å². The Bertz CT molecular complexity index is 2300. The standard InChI is InChI=1S/C30H18F7N5O3S/c1-41-13-39-19-11-17(18(12-22(19)41)30(35,36)37)16-3-2-10-42-20(16)8-9-21(42)28(43)14-4-6-15(7-5-14)40-46(44,45)29-25(33)23(31)27(38)24(32)26(29)34/h2-13,40H,38H2,1H3. The predicted molar refractivity (Wildman–Crippen MR) is 153 cm³/mol. The van der Waals surface area contributed by atoms with Crippen LogP contribution in [0.5, 0.6) is 0 Å². The van der Waals surface area contributed by atoms with Gasteiger partial charge in [-0.25, -0.2) is 31.0 Å². The highest BCUT2D eigenvalue weighted by Crippen LogP contribution is 2.41. The summed E-state index contributed by atoms with van der Waals surface area (Å²) in [6.07, 6.45) is -1.83. The van der Waals surface area contributed by atoms with E-state index in [4.69, 9.17) is 5.73 Å². The maximum Gasteiger partial charge on any atom is 0.417 e. The minimum Gasteiger partial charge on any atom is -0.394 e.